The molecule has 138 valence electrons. The summed E-state index contributed by atoms with van der Waals surface area (Å²) in [6, 6.07) is 11.7. The first-order chi connectivity index (χ1) is 12.6. The first-order valence-electron chi connectivity index (χ1n) is 9.11. The third-order valence-electron chi connectivity index (χ3n) is 4.84. The zero-order valence-corrected chi connectivity index (χ0v) is 16.0. The van der Waals surface area contributed by atoms with E-state index >= 15 is 0 Å². The third-order valence-corrected chi connectivity index (χ3v) is 5.72. The van der Waals surface area contributed by atoms with E-state index in [9.17, 15) is 9.59 Å². The fourth-order valence-corrected chi connectivity index (χ4v) is 4.05. The number of rotatable bonds is 6. The summed E-state index contributed by atoms with van der Waals surface area (Å²) in [5, 5.41) is 4.97. The van der Waals surface area contributed by atoms with E-state index in [1.165, 1.54) is 9.78 Å². The van der Waals surface area contributed by atoms with Gasteiger partial charge in [-0.2, -0.15) is 0 Å². The van der Waals surface area contributed by atoms with Crippen LogP contribution in [0.1, 0.15) is 27.2 Å². The van der Waals surface area contributed by atoms with Gasteiger partial charge in [0.05, 0.1) is 31.1 Å². The van der Waals surface area contributed by atoms with Crippen LogP contribution < -0.4 is 10.2 Å². The number of quaternary nitrogens is 1. The van der Waals surface area contributed by atoms with Crippen LogP contribution in [0, 0.1) is 6.92 Å². The summed E-state index contributed by atoms with van der Waals surface area (Å²) in [6.07, 6.45) is 0.359. The number of hydrogen-bond acceptors (Lipinski definition) is 3. The molecule has 0 atom stereocenters. The second-order valence-corrected chi connectivity index (χ2v) is 7.74. The van der Waals surface area contributed by atoms with E-state index in [0.29, 0.717) is 18.5 Å². The van der Waals surface area contributed by atoms with Gasteiger partial charge >= 0.3 is 0 Å². The maximum Gasteiger partial charge on any atom is 0.251 e. The number of thiophene rings is 1. The second-order valence-electron chi connectivity index (χ2n) is 6.71. The molecule has 1 aliphatic heterocycles. The number of carbonyl (C=O) groups excluding carboxylic acids is 2. The predicted molar refractivity (Wildman–Crippen MR) is 103 cm³/mol. The summed E-state index contributed by atoms with van der Waals surface area (Å²) in [5.41, 5.74) is 1.62. The first kappa shape index (κ1) is 18.6. The van der Waals surface area contributed by atoms with Gasteiger partial charge < -0.3 is 15.1 Å². The molecule has 2 heterocycles. The Labute approximate surface area is 158 Å². The molecule has 6 heteroatoms. The minimum Gasteiger partial charge on any atom is -0.352 e. The lowest BCUT2D eigenvalue weighted by molar-refractivity contribution is -0.917. The van der Waals surface area contributed by atoms with Crippen LogP contribution in [0.25, 0.3) is 0 Å². The number of nitrogens with one attached hydrogen (secondary N) is 2. The summed E-state index contributed by atoms with van der Waals surface area (Å²) in [5.74, 6) is 0.0198. The molecule has 1 fully saturated rings. The summed E-state index contributed by atoms with van der Waals surface area (Å²) >= 11 is 1.79. The van der Waals surface area contributed by atoms with Gasteiger partial charge in [-0.1, -0.05) is 24.3 Å². The van der Waals surface area contributed by atoms with Crippen LogP contribution in [-0.2, 0) is 11.3 Å². The van der Waals surface area contributed by atoms with Crippen molar-refractivity contribution in [1.29, 1.82) is 0 Å². The van der Waals surface area contributed by atoms with Crippen molar-refractivity contribution >= 4 is 23.2 Å². The first-order valence-corrected chi connectivity index (χ1v) is 9.99. The average Bonchev–Trinajstić information content (AvgIpc) is 3.15. The third kappa shape index (κ3) is 4.93. The van der Waals surface area contributed by atoms with Crippen LogP contribution in [0.2, 0.25) is 0 Å². The molecule has 0 unspecified atom stereocenters. The molecule has 26 heavy (non-hydrogen) atoms. The van der Waals surface area contributed by atoms with E-state index < -0.39 is 0 Å². The van der Waals surface area contributed by atoms with Gasteiger partial charge in [-0.25, -0.2) is 0 Å². The van der Waals surface area contributed by atoms with Crippen LogP contribution in [-0.4, -0.2) is 49.4 Å². The second kappa shape index (κ2) is 8.96. The Morgan fingerprint density at radius 1 is 1.15 bits per heavy atom. The molecular weight excluding hydrogens is 346 g/mol. The van der Waals surface area contributed by atoms with Gasteiger partial charge in [-0.05, 0) is 30.0 Å². The number of carbonyl (C=O) groups is 2. The van der Waals surface area contributed by atoms with Crippen molar-refractivity contribution in [1.82, 2.24) is 10.2 Å². The summed E-state index contributed by atoms with van der Waals surface area (Å²) in [6.45, 7) is 6.91. The Kier molecular flexibility index (Phi) is 6.41. The van der Waals surface area contributed by atoms with Gasteiger partial charge in [0, 0.05) is 18.5 Å². The zero-order valence-electron chi connectivity index (χ0n) is 15.2. The standard InChI is InChI=1S/C20H25N3O2S/c1-16-5-2-3-7-18(16)20(25)21-9-8-19(24)23-12-10-22(11-13-23)15-17-6-4-14-26-17/h2-7,14H,8-13,15H2,1H3,(H,21,25)/p+1. The smallest absolute Gasteiger partial charge is 0.251 e. The fraction of sp³-hybridized carbons (Fsp3) is 0.400. The largest absolute Gasteiger partial charge is 0.352 e. The molecule has 0 radical (unpaired) electrons. The van der Waals surface area contributed by atoms with E-state index in [0.717, 1.165) is 38.3 Å². The maximum absolute atomic E-state index is 12.4. The van der Waals surface area contributed by atoms with Crippen molar-refractivity contribution in [2.75, 3.05) is 32.7 Å². The predicted octanol–water partition coefficient (Wildman–Crippen LogP) is 1.10. The van der Waals surface area contributed by atoms with Crippen LogP contribution in [0.5, 0.6) is 0 Å². The highest BCUT2D eigenvalue weighted by molar-refractivity contribution is 7.09. The Bertz CT molecular complexity index is 737. The number of nitrogens with zero attached hydrogens (tertiary/aromatic N) is 1. The molecule has 1 aromatic heterocycles. The number of aryl methyl sites for hydroxylation is 1. The molecule has 0 spiro atoms. The quantitative estimate of drug-likeness (QED) is 0.798. The van der Waals surface area contributed by atoms with Crippen molar-refractivity contribution < 1.29 is 14.5 Å². The molecule has 1 saturated heterocycles. The van der Waals surface area contributed by atoms with E-state index in [4.69, 9.17) is 0 Å². The van der Waals surface area contributed by atoms with E-state index in [2.05, 4.69) is 22.8 Å². The number of benzene rings is 1. The molecular formula is C20H26N3O2S+. The van der Waals surface area contributed by atoms with Crippen LogP contribution in [0.3, 0.4) is 0 Å². The number of amides is 2. The highest BCUT2D eigenvalue weighted by Crippen LogP contribution is 2.07. The summed E-state index contributed by atoms with van der Waals surface area (Å²) in [4.78, 5) is 29.4. The number of piperazine rings is 1. The summed E-state index contributed by atoms with van der Waals surface area (Å²) in [7, 11) is 0. The molecule has 2 aromatic rings. The lowest BCUT2D eigenvalue weighted by atomic mass is 10.1. The molecule has 0 aliphatic carbocycles. The van der Waals surface area contributed by atoms with Crippen LogP contribution >= 0.6 is 11.3 Å². The van der Waals surface area contributed by atoms with Gasteiger partial charge in [-0.15, -0.1) is 11.3 Å². The van der Waals surface area contributed by atoms with Crippen molar-refractivity contribution in [3.8, 4) is 0 Å². The summed E-state index contributed by atoms with van der Waals surface area (Å²) < 4.78 is 0. The van der Waals surface area contributed by atoms with Crippen molar-refractivity contribution in [2.24, 2.45) is 0 Å². The Balaban J connectivity index is 1.38. The van der Waals surface area contributed by atoms with Crippen LogP contribution in [0.4, 0.5) is 0 Å². The Morgan fingerprint density at radius 2 is 1.92 bits per heavy atom. The lowest BCUT2D eigenvalue weighted by Gasteiger charge is -2.32. The Hall–Kier alpha value is -2.18. The number of hydrogen-bond donors (Lipinski definition) is 2. The van der Waals surface area contributed by atoms with Gasteiger partial charge in [0.2, 0.25) is 5.91 Å². The van der Waals surface area contributed by atoms with Gasteiger partial charge in [-0.3, -0.25) is 9.59 Å². The van der Waals surface area contributed by atoms with Gasteiger partial charge in [0.1, 0.15) is 6.54 Å². The molecule has 2 amide bonds. The van der Waals surface area contributed by atoms with E-state index in [1.807, 2.05) is 36.1 Å². The van der Waals surface area contributed by atoms with Crippen molar-refractivity contribution in [3.63, 3.8) is 0 Å². The minimum absolute atomic E-state index is 0.110. The van der Waals surface area contributed by atoms with Gasteiger partial charge in [0.15, 0.2) is 0 Å². The van der Waals surface area contributed by atoms with E-state index in [-0.39, 0.29) is 11.8 Å². The fourth-order valence-electron chi connectivity index (χ4n) is 3.27. The molecule has 1 aromatic carbocycles. The SMILES string of the molecule is Cc1ccccc1C(=O)NCCC(=O)N1CC[NH+](Cc2cccs2)CC1. The Morgan fingerprint density at radius 3 is 2.62 bits per heavy atom. The average molecular weight is 373 g/mol. The molecule has 0 bridgehead atoms. The lowest BCUT2D eigenvalue weighted by Crippen LogP contribution is -3.13. The molecule has 5 nitrogen and oxygen atoms in total. The van der Waals surface area contributed by atoms with E-state index in [1.54, 1.807) is 11.3 Å². The highest BCUT2D eigenvalue weighted by atomic mass is 32.1. The van der Waals surface area contributed by atoms with Gasteiger partial charge in [0.25, 0.3) is 5.91 Å². The normalized spacial score (nSPS) is 15.0. The zero-order chi connectivity index (χ0) is 18.4. The van der Waals surface area contributed by atoms with Crippen molar-refractivity contribution in [3.05, 3.63) is 57.8 Å². The van der Waals surface area contributed by atoms with Crippen LogP contribution in [0.15, 0.2) is 41.8 Å². The minimum atomic E-state index is -0.110. The topological polar surface area (TPSA) is 53.9 Å². The highest BCUT2D eigenvalue weighted by Gasteiger charge is 2.23. The molecule has 0 saturated carbocycles. The van der Waals surface area contributed by atoms with Crippen molar-refractivity contribution in [2.45, 2.75) is 19.9 Å². The monoisotopic (exact) mass is 372 g/mol. The molecule has 3 rings (SSSR count). The molecule has 1 aliphatic rings. The molecule has 2 N–H and O–H groups in total. The maximum atomic E-state index is 12.4.